The summed E-state index contributed by atoms with van der Waals surface area (Å²) in [6.45, 7) is 6.16. The Morgan fingerprint density at radius 2 is 1.94 bits per heavy atom. The maximum atomic E-state index is 11.5. The lowest BCUT2D eigenvalue weighted by Crippen LogP contribution is -2.23. The Labute approximate surface area is 95.5 Å². The van der Waals surface area contributed by atoms with Crippen LogP contribution in [0.3, 0.4) is 0 Å². The van der Waals surface area contributed by atoms with Gasteiger partial charge in [-0.3, -0.25) is 9.63 Å². The molecule has 0 unspecified atom stereocenters. The number of hydrogen-bond acceptors (Lipinski definition) is 3. The van der Waals surface area contributed by atoms with E-state index in [0.717, 1.165) is 5.75 Å². The maximum absolute atomic E-state index is 11.5. The lowest BCUT2D eigenvalue weighted by molar-refractivity contribution is 0.0364. The topological polar surface area (TPSA) is 47.6 Å². The summed E-state index contributed by atoms with van der Waals surface area (Å²) in [7, 11) is 0. The largest absolute Gasteiger partial charge is 0.491 e. The maximum Gasteiger partial charge on any atom is 0.274 e. The van der Waals surface area contributed by atoms with E-state index in [2.05, 4.69) is 5.48 Å². The van der Waals surface area contributed by atoms with Gasteiger partial charge in [-0.25, -0.2) is 5.48 Å². The van der Waals surface area contributed by atoms with E-state index in [-0.39, 0.29) is 12.0 Å². The summed E-state index contributed by atoms with van der Waals surface area (Å²) < 4.78 is 5.47. The normalized spacial score (nSPS) is 10.2. The van der Waals surface area contributed by atoms with Crippen LogP contribution in [0.15, 0.2) is 24.3 Å². The number of hydroxylamine groups is 1. The highest BCUT2D eigenvalue weighted by molar-refractivity contribution is 5.93. The molecule has 1 N–H and O–H groups in total. The molecule has 4 nitrogen and oxygen atoms in total. The van der Waals surface area contributed by atoms with Crippen LogP contribution in [-0.4, -0.2) is 18.6 Å². The van der Waals surface area contributed by atoms with Crippen LogP contribution in [0.25, 0.3) is 0 Å². The average Bonchev–Trinajstić information content (AvgIpc) is 2.26. The number of carbonyl (C=O) groups excluding carboxylic acids is 1. The molecule has 88 valence electrons. The second-order valence-corrected chi connectivity index (χ2v) is 3.56. The molecule has 0 aliphatic heterocycles. The molecule has 4 heteroatoms. The Hall–Kier alpha value is -1.55. The molecule has 0 fully saturated rings. The van der Waals surface area contributed by atoms with Gasteiger partial charge in [0.15, 0.2) is 0 Å². The van der Waals surface area contributed by atoms with E-state index >= 15 is 0 Å². The lowest BCUT2D eigenvalue weighted by Gasteiger charge is -2.10. The van der Waals surface area contributed by atoms with Crippen LogP contribution in [0, 0.1) is 0 Å². The molecule has 16 heavy (non-hydrogen) atoms. The molecule has 1 aromatic carbocycles. The molecular formula is C12H17NO3. The minimum Gasteiger partial charge on any atom is -0.491 e. The van der Waals surface area contributed by atoms with Gasteiger partial charge in [0.1, 0.15) is 5.75 Å². The van der Waals surface area contributed by atoms with Crippen molar-refractivity contribution in [1.82, 2.24) is 5.48 Å². The lowest BCUT2D eigenvalue weighted by atomic mass is 10.2. The predicted molar refractivity (Wildman–Crippen MR) is 61.3 cm³/mol. The quantitative estimate of drug-likeness (QED) is 0.778. The van der Waals surface area contributed by atoms with Gasteiger partial charge in [0.25, 0.3) is 5.91 Å². The smallest absolute Gasteiger partial charge is 0.274 e. The molecule has 0 saturated carbocycles. The van der Waals surface area contributed by atoms with Crippen molar-refractivity contribution in [2.75, 3.05) is 6.61 Å². The van der Waals surface area contributed by atoms with Gasteiger partial charge < -0.3 is 4.74 Å². The molecule has 0 aliphatic rings. The van der Waals surface area contributed by atoms with Crippen molar-refractivity contribution in [1.29, 1.82) is 0 Å². The molecule has 0 saturated heterocycles. The van der Waals surface area contributed by atoms with Crippen molar-refractivity contribution in [3.05, 3.63) is 29.8 Å². The van der Waals surface area contributed by atoms with E-state index in [1.54, 1.807) is 31.2 Å². The molecule has 0 radical (unpaired) electrons. The Bertz CT molecular complexity index is 333. The zero-order chi connectivity index (χ0) is 12.0. The predicted octanol–water partition coefficient (Wildman–Crippen LogP) is 2.16. The van der Waals surface area contributed by atoms with E-state index in [0.29, 0.717) is 12.2 Å². The third-order valence-electron chi connectivity index (χ3n) is 1.80. The second-order valence-electron chi connectivity index (χ2n) is 3.56. The van der Waals surface area contributed by atoms with Gasteiger partial charge in [-0.1, -0.05) is 0 Å². The molecule has 1 amide bonds. The molecule has 0 heterocycles. The van der Waals surface area contributed by atoms with Gasteiger partial charge >= 0.3 is 0 Å². The summed E-state index contributed by atoms with van der Waals surface area (Å²) in [5, 5.41) is 0. The van der Waals surface area contributed by atoms with E-state index in [1.807, 2.05) is 13.8 Å². The third-order valence-corrected chi connectivity index (χ3v) is 1.80. The first-order chi connectivity index (χ1) is 7.63. The van der Waals surface area contributed by atoms with Crippen LogP contribution in [0.5, 0.6) is 5.75 Å². The number of nitrogens with one attached hydrogen (secondary N) is 1. The monoisotopic (exact) mass is 223 g/mol. The van der Waals surface area contributed by atoms with Crippen LogP contribution in [0.2, 0.25) is 0 Å². The van der Waals surface area contributed by atoms with E-state index in [9.17, 15) is 4.79 Å². The van der Waals surface area contributed by atoms with Gasteiger partial charge in [-0.2, -0.15) is 0 Å². The Morgan fingerprint density at radius 1 is 1.31 bits per heavy atom. The van der Waals surface area contributed by atoms with Crippen molar-refractivity contribution in [2.45, 2.75) is 26.9 Å². The summed E-state index contributed by atoms with van der Waals surface area (Å²) >= 11 is 0. The number of rotatable bonds is 5. The van der Waals surface area contributed by atoms with Gasteiger partial charge in [0, 0.05) is 5.56 Å². The molecule has 0 aromatic heterocycles. The molecule has 1 aromatic rings. The first-order valence-electron chi connectivity index (χ1n) is 5.32. The summed E-state index contributed by atoms with van der Waals surface area (Å²) in [5.74, 6) is 0.501. The fraction of sp³-hybridized carbons (Fsp3) is 0.417. The van der Waals surface area contributed by atoms with Crippen molar-refractivity contribution in [3.8, 4) is 5.75 Å². The Morgan fingerprint density at radius 3 is 2.44 bits per heavy atom. The fourth-order valence-corrected chi connectivity index (χ4v) is 1.15. The molecule has 0 bridgehead atoms. The van der Waals surface area contributed by atoms with Crippen molar-refractivity contribution >= 4 is 5.91 Å². The van der Waals surface area contributed by atoms with Gasteiger partial charge in [-0.05, 0) is 45.0 Å². The van der Waals surface area contributed by atoms with Crippen molar-refractivity contribution in [3.63, 3.8) is 0 Å². The number of hydrogen-bond donors (Lipinski definition) is 1. The zero-order valence-corrected chi connectivity index (χ0v) is 9.82. The number of amides is 1. The van der Waals surface area contributed by atoms with E-state index in [4.69, 9.17) is 9.57 Å². The summed E-state index contributed by atoms with van der Waals surface area (Å²) in [6, 6.07) is 6.93. The summed E-state index contributed by atoms with van der Waals surface area (Å²) in [5.41, 5.74) is 2.87. The molecular weight excluding hydrogens is 206 g/mol. The van der Waals surface area contributed by atoms with Crippen molar-refractivity contribution < 1.29 is 14.4 Å². The Balaban J connectivity index is 2.60. The van der Waals surface area contributed by atoms with Crippen LogP contribution in [-0.2, 0) is 4.84 Å². The van der Waals surface area contributed by atoms with Crippen LogP contribution in [0.1, 0.15) is 31.1 Å². The minimum absolute atomic E-state index is 0.128. The molecule has 0 spiro atoms. The minimum atomic E-state index is -0.252. The van der Waals surface area contributed by atoms with Crippen LogP contribution in [0.4, 0.5) is 0 Å². The first-order valence-corrected chi connectivity index (χ1v) is 5.32. The van der Waals surface area contributed by atoms with Crippen LogP contribution < -0.4 is 10.2 Å². The zero-order valence-electron chi connectivity index (χ0n) is 9.82. The third kappa shape index (κ3) is 3.90. The van der Waals surface area contributed by atoms with Gasteiger partial charge in [0.2, 0.25) is 0 Å². The summed E-state index contributed by atoms with van der Waals surface area (Å²) in [4.78, 5) is 16.3. The van der Waals surface area contributed by atoms with Crippen molar-refractivity contribution in [2.24, 2.45) is 0 Å². The molecule has 0 atom stereocenters. The highest BCUT2D eigenvalue weighted by Gasteiger charge is 2.05. The highest BCUT2D eigenvalue weighted by atomic mass is 16.6. The summed E-state index contributed by atoms with van der Waals surface area (Å²) in [6.07, 6.45) is 0.128. The SMILES string of the molecule is CCONC(=O)c1ccc(OC(C)C)cc1. The van der Waals surface area contributed by atoms with E-state index in [1.165, 1.54) is 0 Å². The van der Waals surface area contributed by atoms with Gasteiger partial charge in [-0.15, -0.1) is 0 Å². The standard InChI is InChI=1S/C12H17NO3/c1-4-15-13-12(14)10-5-7-11(8-6-10)16-9(2)3/h5-9H,4H2,1-3H3,(H,13,14). The second kappa shape index (κ2) is 6.12. The van der Waals surface area contributed by atoms with Gasteiger partial charge in [0.05, 0.1) is 12.7 Å². The number of carbonyl (C=O) groups is 1. The van der Waals surface area contributed by atoms with Crippen LogP contribution >= 0.6 is 0 Å². The molecule has 1 rings (SSSR count). The van der Waals surface area contributed by atoms with E-state index < -0.39 is 0 Å². The first kappa shape index (κ1) is 12.5. The highest BCUT2D eigenvalue weighted by Crippen LogP contribution is 2.13. The fourth-order valence-electron chi connectivity index (χ4n) is 1.15. The average molecular weight is 223 g/mol. The number of benzene rings is 1. The Kier molecular flexibility index (Phi) is 4.79. The number of ether oxygens (including phenoxy) is 1. The molecule has 0 aliphatic carbocycles.